The van der Waals surface area contributed by atoms with Gasteiger partial charge in [-0.2, -0.15) is 0 Å². The third kappa shape index (κ3) is 4.49. The molecule has 1 heterocycles. The third-order valence-electron chi connectivity index (χ3n) is 2.85. The second-order valence-electron chi connectivity index (χ2n) is 4.49. The molecule has 0 aliphatic heterocycles. The van der Waals surface area contributed by atoms with Crippen molar-refractivity contribution in [1.82, 2.24) is 0 Å². The van der Waals surface area contributed by atoms with Crippen molar-refractivity contribution in [3.05, 3.63) is 45.8 Å². The van der Waals surface area contributed by atoms with Crippen LogP contribution in [0.2, 0.25) is 5.02 Å². The summed E-state index contributed by atoms with van der Waals surface area (Å²) < 4.78 is 15.6. The lowest BCUT2D eigenvalue weighted by Gasteiger charge is -2.14. The van der Waals surface area contributed by atoms with E-state index in [0.29, 0.717) is 21.1 Å². The first-order chi connectivity index (χ1) is 10.9. The largest absolute Gasteiger partial charge is 0.495 e. The molecule has 0 saturated heterocycles. The highest BCUT2D eigenvalue weighted by molar-refractivity contribution is 9.10. The lowest BCUT2D eigenvalue weighted by molar-refractivity contribution is -0.123. The van der Waals surface area contributed by atoms with Crippen LogP contribution in [0.3, 0.4) is 0 Å². The number of esters is 1. The molecular formula is C15H13BrClNO5. The van der Waals surface area contributed by atoms with Gasteiger partial charge in [0.1, 0.15) is 5.75 Å². The summed E-state index contributed by atoms with van der Waals surface area (Å²) in [6, 6.07) is 7.79. The number of ether oxygens (including phenoxy) is 2. The molecule has 6 nitrogen and oxygen atoms in total. The quantitative estimate of drug-likeness (QED) is 0.768. The van der Waals surface area contributed by atoms with Crippen LogP contribution in [0, 0.1) is 0 Å². The van der Waals surface area contributed by atoms with Gasteiger partial charge < -0.3 is 19.2 Å². The molecule has 0 aliphatic rings. The van der Waals surface area contributed by atoms with E-state index in [1.165, 1.54) is 26.2 Å². The second kappa shape index (κ2) is 7.52. The summed E-state index contributed by atoms with van der Waals surface area (Å²) in [5.41, 5.74) is 0.383. The van der Waals surface area contributed by atoms with Gasteiger partial charge in [0.25, 0.3) is 5.91 Å². The first-order valence-corrected chi connectivity index (χ1v) is 7.68. The third-order valence-corrected chi connectivity index (χ3v) is 3.51. The van der Waals surface area contributed by atoms with Crippen molar-refractivity contribution in [1.29, 1.82) is 0 Å². The molecule has 1 N–H and O–H groups in total. The Morgan fingerprint density at radius 3 is 2.65 bits per heavy atom. The number of carbonyl (C=O) groups excluding carboxylic acids is 2. The number of amides is 1. The number of hydrogen-bond donors (Lipinski definition) is 1. The molecule has 0 radical (unpaired) electrons. The lowest BCUT2D eigenvalue weighted by atomic mass is 10.2. The Labute approximate surface area is 145 Å². The number of nitrogens with one attached hydrogen (secondary N) is 1. The van der Waals surface area contributed by atoms with Gasteiger partial charge in [0.05, 0.1) is 12.8 Å². The number of anilines is 1. The Kier molecular flexibility index (Phi) is 5.68. The topological polar surface area (TPSA) is 77.8 Å². The van der Waals surface area contributed by atoms with Crippen LogP contribution in [0.25, 0.3) is 0 Å². The molecule has 122 valence electrons. The number of hydrogen-bond acceptors (Lipinski definition) is 5. The van der Waals surface area contributed by atoms with E-state index >= 15 is 0 Å². The van der Waals surface area contributed by atoms with Gasteiger partial charge in [0, 0.05) is 5.02 Å². The van der Waals surface area contributed by atoms with E-state index in [9.17, 15) is 9.59 Å². The van der Waals surface area contributed by atoms with Crippen molar-refractivity contribution in [2.45, 2.75) is 13.0 Å². The molecule has 0 fully saturated rings. The van der Waals surface area contributed by atoms with Gasteiger partial charge in [0.2, 0.25) is 5.76 Å². The van der Waals surface area contributed by atoms with E-state index in [0.717, 1.165) is 0 Å². The lowest BCUT2D eigenvalue weighted by Crippen LogP contribution is -2.30. The van der Waals surface area contributed by atoms with Gasteiger partial charge in [0.15, 0.2) is 10.8 Å². The van der Waals surface area contributed by atoms with Crippen LogP contribution < -0.4 is 10.1 Å². The smallest absolute Gasteiger partial charge is 0.375 e. The summed E-state index contributed by atoms with van der Waals surface area (Å²) in [5.74, 6) is -0.825. The molecule has 1 aromatic heterocycles. The molecule has 8 heteroatoms. The van der Waals surface area contributed by atoms with Crippen molar-refractivity contribution >= 4 is 45.1 Å². The minimum absolute atomic E-state index is 0.00291. The van der Waals surface area contributed by atoms with Gasteiger partial charge in [-0.3, -0.25) is 4.79 Å². The average molecular weight is 403 g/mol. The van der Waals surface area contributed by atoms with E-state index in [1.54, 1.807) is 18.2 Å². The number of rotatable bonds is 5. The Morgan fingerprint density at radius 2 is 2.04 bits per heavy atom. The average Bonchev–Trinajstić information content (AvgIpc) is 2.94. The van der Waals surface area contributed by atoms with Crippen LogP contribution in [0.15, 0.2) is 39.4 Å². The first kappa shape index (κ1) is 17.4. The highest BCUT2D eigenvalue weighted by Gasteiger charge is 2.22. The summed E-state index contributed by atoms with van der Waals surface area (Å²) in [6.45, 7) is 1.45. The number of halogens is 2. The highest BCUT2D eigenvalue weighted by Crippen LogP contribution is 2.28. The second-order valence-corrected chi connectivity index (χ2v) is 5.70. The molecule has 2 rings (SSSR count). The van der Waals surface area contributed by atoms with Gasteiger partial charge in [-0.05, 0) is 53.2 Å². The van der Waals surface area contributed by atoms with Gasteiger partial charge in [-0.25, -0.2) is 4.79 Å². The number of benzene rings is 1. The summed E-state index contributed by atoms with van der Waals surface area (Å²) in [7, 11) is 1.47. The van der Waals surface area contributed by atoms with E-state index in [4.69, 9.17) is 25.5 Å². The van der Waals surface area contributed by atoms with E-state index in [-0.39, 0.29) is 5.76 Å². The maximum Gasteiger partial charge on any atom is 0.375 e. The minimum Gasteiger partial charge on any atom is -0.495 e. The molecule has 0 bridgehead atoms. The van der Waals surface area contributed by atoms with Gasteiger partial charge in [-0.15, -0.1) is 0 Å². The van der Waals surface area contributed by atoms with Crippen LogP contribution >= 0.6 is 27.5 Å². The molecule has 0 aliphatic carbocycles. The Hall–Kier alpha value is -1.99. The van der Waals surface area contributed by atoms with Crippen molar-refractivity contribution in [3.63, 3.8) is 0 Å². The predicted molar refractivity (Wildman–Crippen MR) is 87.9 cm³/mol. The number of furan rings is 1. The molecule has 1 amide bonds. The standard InChI is InChI=1S/C15H13BrClNO5/c1-8(22-15(20)12-5-6-13(16)23-12)14(19)18-10-7-9(17)3-4-11(10)21-2/h3-8H,1-2H3,(H,18,19)/t8-/m1/s1. The van der Waals surface area contributed by atoms with Crippen molar-refractivity contribution in [2.75, 3.05) is 12.4 Å². The Morgan fingerprint density at radius 1 is 1.30 bits per heavy atom. The fourth-order valence-corrected chi connectivity index (χ4v) is 2.19. The summed E-state index contributed by atoms with van der Waals surface area (Å²) >= 11 is 8.98. The maximum atomic E-state index is 12.1. The van der Waals surface area contributed by atoms with Crippen LogP contribution in [-0.4, -0.2) is 25.1 Å². The number of carbonyl (C=O) groups is 2. The van der Waals surface area contributed by atoms with Crippen molar-refractivity contribution in [3.8, 4) is 5.75 Å². The van der Waals surface area contributed by atoms with Crippen LogP contribution in [-0.2, 0) is 9.53 Å². The van der Waals surface area contributed by atoms with E-state index in [1.807, 2.05) is 0 Å². The van der Waals surface area contributed by atoms with Gasteiger partial charge in [-0.1, -0.05) is 11.6 Å². The van der Waals surface area contributed by atoms with Gasteiger partial charge >= 0.3 is 5.97 Å². The molecule has 0 saturated carbocycles. The fraction of sp³-hybridized carbons (Fsp3) is 0.200. The number of methoxy groups -OCH3 is 1. The zero-order valence-electron chi connectivity index (χ0n) is 12.3. The van der Waals surface area contributed by atoms with E-state index < -0.39 is 18.0 Å². The zero-order chi connectivity index (χ0) is 17.0. The molecule has 0 unspecified atom stereocenters. The zero-order valence-corrected chi connectivity index (χ0v) is 14.6. The molecule has 1 atom stereocenters. The summed E-state index contributed by atoms with van der Waals surface area (Å²) in [6.07, 6.45) is -1.03. The maximum absolute atomic E-state index is 12.1. The van der Waals surface area contributed by atoms with E-state index in [2.05, 4.69) is 21.2 Å². The van der Waals surface area contributed by atoms with Crippen molar-refractivity contribution < 1.29 is 23.5 Å². The Balaban J connectivity index is 2.03. The minimum atomic E-state index is -1.03. The van der Waals surface area contributed by atoms with Crippen LogP contribution in [0.5, 0.6) is 5.75 Å². The molecule has 1 aromatic carbocycles. The summed E-state index contributed by atoms with van der Waals surface area (Å²) in [5, 5.41) is 3.03. The molecular weight excluding hydrogens is 390 g/mol. The van der Waals surface area contributed by atoms with Crippen LogP contribution in [0.1, 0.15) is 17.5 Å². The monoisotopic (exact) mass is 401 g/mol. The molecule has 2 aromatic rings. The molecule has 23 heavy (non-hydrogen) atoms. The SMILES string of the molecule is COc1ccc(Cl)cc1NC(=O)[C@@H](C)OC(=O)c1ccc(Br)o1. The highest BCUT2D eigenvalue weighted by atomic mass is 79.9. The van der Waals surface area contributed by atoms with Crippen LogP contribution in [0.4, 0.5) is 5.69 Å². The van der Waals surface area contributed by atoms with Crippen molar-refractivity contribution in [2.24, 2.45) is 0 Å². The first-order valence-electron chi connectivity index (χ1n) is 6.51. The predicted octanol–water partition coefficient (Wildman–Crippen LogP) is 3.89. The molecule has 0 spiro atoms. The Bertz CT molecular complexity index is 730. The summed E-state index contributed by atoms with van der Waals surface area (Å²) in [4.78, 5) is 24.0. The normalized spacial score (nSPS) is 11.7. The fourth-order valence-electron chi connectivity index (χ4n) is 1.71.